The zero-order valence-corrected chi connectivity index (χ0v) is 16.9. The highest BCUT2D eigenvalue weighted by Gasteiger charge is 2.18. The maximum atomic E-state index is 13.0. The third-order valence-corrected chi connectivity index (χ3v) is 6.24. The lowest BCUT2D eigenvalue weighted by Crippen LogP contribution is -2.36. The molecule has 0 unspecified atom stereocenters. The summed E-state index contributed by atoms with van der Waals surface area (Å²) >= 11 is 0. The Bertz CT molecular complexity index is 1070. The van der Waals surface area contributed by atoms with Crippen LogP contribution in [0.4, 0.5) is 4.79 Å². The van der Waals surface area contributed by atoms with Crippen molar-refractivity contribution >= 4 is 27.0 Å². The number of carbonyl (C=O) groups is 1. The third kappa shape index (κ3) is 4.36. The van der Waals surface area contributed by atoms with Gasteiger partial charge in [0.25, 0.3) is 10.0 Å². The fraction of sp³-hybridized carbons (Fsp3) is 0.286. The van der Waals surface area contributed by atoms with E-state index in [0.29, 0.717) is 25.0 Å². The van der Waals surface area contributed by atoms with Crippen molar-refractivity contribution in [3.8, 4) is 0 Å². The summed E-state index contributed by atoms with van der Waals surface area (Å²) in [6.45, 7) is 5.04. The van der Waals surface area contributed by atoms with Gasteiger partial charge in [-0.2, -0.15) is 0 Å². The van der Waals surface area contributed by atoms with E-state index in [1.54, 1.807) is 36.5 Å². The minimum absolute atomic E-state index is 0.187. The Kier molecular flexibility index (Phi) is 6.04. The van der Waals surface area contributed by atoms with Gasteiger partial charge in [-0.1, -0.05) is 36.8 Å². The number of rotatable bonds is 7. The molecule has 3 rings (SSSR count). The van der Waals surface area contributed by atoms with Gasteiger partial charge < -0.3 is 10.6 Å². The van der Waals surface area contributed by atoms with E-state index in [9.17, 15) is 13.2 Å². The lowest BCUT2D eigenvalue weighted by molar-refractivity contribution is 0.241. The molecule has 148 valence electrons. The van der Waals surface area contributed by atoms with Crippen molar-refractivity contribution in [3.63, 3.8) is 0 Å². The van der Waals surface area contributed by atoms with Crippen molar-refractivity contribution in [1.82, 2.24) is 14.6 Å². The van der Waals surface area contributed by atoms with E-state index >= 15 is 0 Å². The number of nitrogens with one attached hydrogen (secondary N) is 2. The van der Waals surface area contributed by atoms with Gasteiger partial charge in [0.15, 0.2) is 0 Å². The Labute approximate surface area is 165 Å². The first-order valence-corrected chi connectivity index (χ1v) is 10.8. The maximum absolute atomic E-state index is 13.0. The molecule has 0 aliphatic rings. The van der Waals surface area contributed by atoms with Crippen LogP contribution >= 0.6 is 0 Å². The summed E-state index contributed by atoms with van der Waals surface area (Å²) in [5.74, 6) is 0. The molecular weight excluding hydrogens is 374 g/mol. The lowest BCUT2D eigenvalue weighted by atomic mass is 10.1. The van der Waals surface area contributed by atoms with Crippen LogP contribution in [-0.2, 0) is 16.4 Å². The lowest BCUT2D eigenvalue weighted by Gasteiger charge is -2.10. The summed E-state index contributed by atoms with van der Waals surface area (Å²) < 4.78 is 27.4. The molecule has 2 aromatic carbocycles. The van der Waals surface area contributed by atoms with Crippen LogP contribution in [0.1, 0.15) is 24.5 Å². The minimum Gasteiger partial charge on any atom is -0.338 e. The van der Waals surface area contributed by atoms with Crippen LogP contribution in [0.15, 0.2) is 59.6 Å². The van der Waals surface area contributed by atoms with Crippen LogP contribution in [0, 0.1) is 6.92 Å². The standard InChI is InChI=1S/C21H25N3O3S/c1-3-12-22-21(25)23-13-10-17-6-7-18-11-14-24(20(18)15-17)28(26,27)19-8-4-16(2)5-9-19/h4-9,11,14-15H,3,10,12-13H2,1-2H3,(H2,22,23,25). The molecular formula is C21H25N3O3S. The van der Waals surface area contributed by atoms with Gasteiger partial charge in [-0.05, 0) is 49.6 Å². The average molecular weight is 400 g/mol. The molecule has 0 aliphatic carbocycles. The van der Waals surface area contributed by atoms with E-state index in [-0.39, 0.29) is 10.9 Å². The number of aromatic nitrogens is 1. The molecule has 0 bridgehead atoms. The van der Waals surface area contributed by atoms with Crippen molar-refractivity contribution in [1.29, 1.82) is 0 Å². The molecule has 1 heterocycles. The summed E-state index contributed by atoms with van der Waals surface area (Å²) in [6.07, 6.45) is 3.09. The molecule has 0 saturated carbocycles. The first-order chi connectivity index (χ1) is 13.4. The number of amides is 2. The van der Waals surface area contributed by atoms with Gasteiger partial charge in [0.05, 0.1) is 10.4 Å². The van der Waals surface area contributed by atoms with Gasteiger partial charge >= 0.3 is 6.03 Å². The fourth-order valence-electron chi connectivity index (χ4n) is 2.96. The Balaban J connectivity index is 1.81. The summed E-state index contributed by atoms with van der Waals surface area (Å²) in [5, 5.41) is 6.43. The highest BCUT2D eigenvalue weighted by atomic mass is 32.2. The number of nitrogens with zero attached hydrogens (tertiary/aromatic N) is 1. The van der Waals surface area contributed by atoms with E-state index in [1.807, 2.05) is 32.0 Å². The van der Waals surface area contributed by atoms with Gasteiger partial charge in [0, 0.05) is 24.7 Å². The van der Waals surface area contributed by atoms with E-state index < -0.39 is 10.0 Å². The van der Waals surface area contributed by atoms with Crippen molar-refractivity contribution < 1.29 is 13.2 Å². The van der Waals surface area contributed by atoms with Crippen LogP contribution in [0.25, 0.3) is 10.9 Å². The second-order valence-electron chi connectivity index (χ2n) is 6.76. The van der Waals surface area contributed by atoms with Crippen LogP contribution in [-0.4, -0.2) is 31.5 Å². The van der Waals surface area contributed by atoms with Gasteiger partial charge in [0.1, 0.15) is 0 Å². The monoisotopic (exact) mass is 399 g/mol. The van der Waals surface area contributed by atoms with Gasteiger partial charge in [-0.25, -0.2) is 17.2 Å². The molecule has 7 heteroatoms. The summed E-state index contributed by atoms with van der Waals surface area (Å²) in [5.41, 5.74) is 2.60. The molecule has 3 aromatic rings. The van der Waals surface area contributed by atoms with Crippen molar-refractivity contribution in [2.45, 2.75) is 31.6 Å². The molecule has 2 amide bonds. The zero-order chi connectivity index (χ0) is 20.1. The summed E-state index contributed by atoms with van der Waals surface area (Å²) in [7, 11) is -3.66. The number of fused-ring (bicyclic) bond motifs is 1. The molecule has 0 radical (unpaired) electrons. The van der Waals surface area contributed by atoms with Crippen LogP contribution < -0.4 is 10.6 Å². The predicted molar refractivity (Wildman–Crippen MR) is 111 cm³/mol. The van der Waals surface area contributed by atoms with E-state index in [1.165, 1.54) is 3.97 Å². The first-order valence-electron chi connectivity index (χ1n) is 9.36. The Morgan fingerprint density at radius 2 is 1.71 bits per heavy atom. The molecule has 0 spiro atoms. The topological polar surface area (TPSA) is 80.2 Å². The molecule has 28 heavy (non-hydrogen) atoms. The summed E-state index contributed by atoms with van der Waals surface area (Å²) in [4.78, 5) is 11.9. The van der Waals surface area contributed by atoms with E-state index in [4.69, 9.17) is 0 Å². The van der Waals surface area contributed by atoms with Crippen LogP contribution in [0.3, 0.4) is 0 Å². The molecule has 6 nitrogen and oxygen atoms in total. The first kappa shape index (κ1) is 19.9. The number of carbonyl (C=O) groups excluding carboxylic acids is 1. The van der Waals surface area contributed by atoms with Crippen LogP contribution in [0.2, 0.25) is 0 Å². The second kappa shape index (κ2) is 8.48. The number of hydrogen-bond acceptors (Lipinski definition) is 3. The van der Waals surface area contributed by atoms with Crippen molar-refractivity contribution in [2.75, 3.05) is 13.1 Å². The minimum atomic E-state index is -3.66. The van der Waals surface area contributed by atoms with Gasteiger partial charge in [-0.15, -0.1) is 0 Å². The SMILES string of the molecule is CCCNC(=O)NCCc1ccc2ccn(S(=O)(=O)c3ccc(C)cc3)c2c1. The molecule has 0 atom stereocenters. The normalized spacial score (nSPS) is 11.5. The third-order valence-electron chi connectivity index (χ3n) is 4.53. The largest absolute Gasteiger partial charge is 0.338 e. The van der Waals surface area contributed by atoms with Gasteiger partial charge in [0.2, 0.25) is 0 Å². The van der Waals surface area contributed by atoms with Crippen molar-refractivity contribution in [3.05, 3.63) is 65.9 Å². The Morgan fingerprint density at radius 3 is 2.43 bits per heavy atom. The number of benzene rings is 2. The number of aryl methyl sites for hydroxylation is 1. The second-order valence-corrected chi connectivity index (χ2v) is 8.57. The maximum Gasteiger partial charge on any atom is 0.314 e. The quantitative estimate of drug-likeness (QED) is 0.639. The number of urea groups is 1. The molecule has 0 aliphatic heterocycles. The average Bonchev–Trinajstić information content (AvgIpc) is 3.11. The Morgan fingerprint density at radius 1 is 1.00 bits per heavy atom. The van der Waals surface area contributed by atoms with Crippen LogP contribution in [0.5, 0.6) is 0 Å². The number of hydrogen-bond donors (Lipinski definition) is 2. The van der Waals surface area contributed by atoms with Crippen molar-refractivity contribution in [2.24, 2.45) is 0 Å². The smallest absolute Gasteiger partial charge is 0.314 e. The van der Waals surface area contributed by atoms with E-state index in [0.717, 1.165) is 22.9 Å². The predicted octanol–water partition coefficient (Wildman–Crippen LogP) is 3.44. The molecule has 0 fully saturated rings. The van der Waals surface area contributed by atoms with Gasteiger partial charge in [-0.3, -0.25) is 0 Å². The molecule has 1 aromatic heterocycles. The summed E-state index contributed by atoms with van der Waals surface area (Å²) in [6, 6.07) is 14.2. The zero-order valence-electron chi connectivity index (χ0n) is 16.1. The Hall–Kier alpha value is -2.80. The highest BCUT2D eigenvalue weighted by Crippen LogP contribution is 2.23. The molecule has 2 N–H and O–H groups in total. The molecule has 0 saturated heterocycles. The fourth-order valence-corrected chi connectivity index (χ4v) is 4.30. The van der Waals surface area contributed by atoms with E-state index in [2.05, 4.69) is 10.6 Å². The highest BCUT2D eigenvalue weighted by molar-refractivity contribution is 7.90.